The molecule has 0 aliphatic carbocycles. The van der Waals surface area contributed by atoms with Crippen molar-refractivity contribution in [1.82, 2.24) is 5.32 Å². The molecule has 0 aliphatic heterocycles. The standard InChI is InChI=1S/C18H17ClN2O4/c1-2-25-18(24)13-6-4-8-15(10-13)21-16(22)11-20-17(23)12-5-3-7-14(19)9-12/h3-10H,2,11H2,1H3,(H,20,23)(H,21,22). The maximum absolute atomic E-state index is 12.0. The molecule has 2 N–H and O–H groups in total. The minimum Gasteiger partial charge on any atom is -0.462 e. The lowest BCUT2D eigenvalue weighted by Gasteiger charge is -2.08. The number of benzene rings is 2. The number of esters is 1. The molecule has 2 aromatic carbocycles. The second-order valence-corrected chi connectivity index (χ2v) is 5.48. The number of anilines is 1. The molecule has 6 nitrogen and oxygen atoms in total. The van der Waals surface area contributed by atoms with E-state index in [2.05, 4.69) is 10.6 Å². The monoisotopic (exact) mass is 360 g/mol. The summed E-state index contributed by atoms with van der Waals surface area (Å²) in [6.07, 6.45) is 0. The van der Waals surface area contributed by atoms with E-state index in [1.807, 2.05) is 0 Å². The van der Waals surface area contributed by atoms with Crippen molar-refractivity contribution < 1.29 is 19.1 Å². The minimum atomic E-state index is -0.465. The fourth-order valence-electron chi connectivity index (χ4n) is 2.04. The zero-order valence-electron chi connectivity index (χ0n) is 13.5. The van der Waals surface area contributed by atoms with Gasteiger partial charge in [-0.3, -0.25) is 9.59 Å². The number of ether oxygens (including phenoxy) is 1. The first-order valence-corrected chi connectivity index (χ1v) is 7.98. The summed E-state index contributed by atoms with van der Waals surface area (Å²) < 4.78 is 4.91. The van der Waals surface area contributed by atoms with Gasteiger partial charge in [-0.2, -0.15) is 0 Å². The lowest BCUT2D eigenvalue weighted by Crippen LogP contribution is -2.32. The highest BCUT2D eigenvalue weighted by Gasteiger charge is 2.10. The average Bonchev–Trinajstić information content (AvgIpc) is 2.60. The van der Waals surface area contributed by atoms with Crippen molar-refractivity contribution in [3.63, 3.8) is 0 Å². The molecule has 130 valence electrons. The molecule has 7 heteroatoms. The number of carbonyl (C=O) groups is 3. The molecule has 0 atom stereocenters. The molecule has 0 saturated heterocycles. The van der Waals surface area contributed by atoms with Crippen molar-refractivity contribution in [1.29, 1.82) is 0 Å². The van der Waals surface area contributed by atoms with Crippen LogP contribution in [0.4, 0.5) is 5.69 Å². The highest BCUT2D eigenvalue weighted by molar-refractivity contribution is 6.31. The molecule has 0 aromatic heterocycles. The van der Waals surface area contributed by atoms with Gasteiger partial charge in [-0.05, 0) is 43.3 Å². The Morgan fingerprint density at radius 1 is 1.04 bits per heavy atom. The Labute approximate surface area is 150 Å². The molecule has 0 spiro atoms. The molecule has 0 radical (unpaired) electrons. The maximum Gasteiger partial charge on any atom is 0.338 e. The third-order valence-corrected chi connectivity index (χ3v) is 3.39. The Kier molecular flexibility index (Phi) is 6.54. The molecule has 0 aliphatic rings. The van der Waals surface area contributed by atoms with E-state index in [0.29, 0.717) is 21.8 Å². The zero-order valence-corrected chi connectivity index (χ0v) is 14.3. The summed E-state index contributed by atoms with van der Waals surface area (Å²) in [5.41, 5.74) is 1.14. The van der Waals surface area contributed by atoms with E-state index in [9.17, 15) is 14.4 Å². The van der Waals surface area contributed by atoms with Crippen molar-refractivity contribution in [3.05, 3.63) is 64.7 Å². The molecular weight excluding hydrogens is 344 g/mol. The van der Waals surface area contributed by atoms with Crippen LogP contribution < -0.4 is 10.6 Å². The number of rotatable bonds is 6. The van der Waals surface area contributed by atoms with Gasteiger partial charge in [-0.1, -0.05) is 23.7 Å². The maximum atomic E-state index is 12.0. The lowest BCUT2D eigenvalue weighted by molar-refractivity contribution is -0.115. The van der Waals surface area contributed by atoms with Gasteiger partial charge in [0.2, 0.25) is 5.91 Å². The van der Waals surface area contributed by atoms with Crippen LogP contribution in [-0.2, 0) is 9.53 Å². The first-order chi connectivity index (χ1) is 12.0. The average molecular weight is 361 g/mol. The van der Waals surface area contributed by atoms with Crippen LogP contribution in [0, 0.1) is 0 Å². The topological polar surface area (TPSA) is 84.5 Å². The second-order valence-electron chi connectivity index (χ2n) is 5.04. The summed E-state index contributed by atoms with van der Waals surface area (Å²) in [6.45, 7) is 1.77. The predicted molar refractivity (Wildman–Crippen MR) is 94.8 cm³/mol. The van der Waals surface area contributed by atoms with Crippen LogP contribution >= 0.6 is 11.6 Å². The number of carbonyl (C=O) groups excluding carboxylic acids is 3. The number of amides is 2. The van der Waals surface area contributed by atoms with Gasteiger partial charge in [0.25, 0.3) is 5.91 Å². The van der Waals surface area contributed by atoms with Crippen molar-refractivity contribution in [2.24, 2.45) is 0 Å². The van der Waals surface area contributed by atoms with Crippen LogP contribution in [0.3, 0.4) is 0 Å². The molecule has 0 bridgehead atoms. The molecule has 25 heavy (non-hydrogen) atoms. The largest absolute Gasteiger partial charge is 0.462 e. The molecule has 0 heterocycles. The van der Waals surface area contributed by atoms with E-state index in [4.69, 9.17) is 16.3 Å². The first-order valence-electron chi connectivity index (χ1n) is 7.60. The van der Waals surface area contributed by atoms with Crippen LogP contribution in [-0.4, -0.2) is 30.9 Å². The third kappa shape index (κ3) is 5.61. The van der Waals surface area contributed by atoms with Gasteiger partial charge in [0.15, 0.2) is 0 Å². The van der Waals surface area contributed by atoms with Crippen LogP contribution in [0.1, 0.15) is 27.6 Å². The lowest BCUT2D eigenvalue weighted by atomic mass is 10.2. The Hall–Kier alpha value is -2.86. The molecule has 2 amide bonds. The summed E-state index contributed by atoms with van der Waals surface area (Å²) in [7, 11) is 0. The van der Waals surface area contributed by atoms with Crippen molar-refractivity contribution in [2.75, 3.05) is 18.5 Å². The summed E-state index contributed by atoms with van der Waals surface area (Å²) in [5.74, 6) is -1.29. The van der Waals surface area contributed by atoms with E-state index in [0.717, 1.165) is 0 Å². The van der Waals surface area contributed by atoms with Gasteiger partial charge < -0.3 is 15.4 Å². The van der Waals surface area contributed by atoms with E-state index in [1.54, 1.807) is 43.3 Å². The van der Waals surface area contributed by atoms with Crippen molar-refractivity contribution >= 4 is 35.1 Å². The molecule has 0 unspecified atom stereocenters. The third-order valence-electron chi connectivity index (χ3n) is 3.15. The van der Waals surface area contributed by atoms with E-state index in [-0.39, 0.29) is 13.2 Å². The van der Waals surface area contributed by atoms with E-state index < -0.39 is 17.8 Å². The Morgan fingerprint density at radius 3 is 2.48 bits per heavy atom. The summed E-state index contributed by atoms with van der Waals surface area (Å²) in [5, 5.41) is 5.55. The van der Waals surface area contributed by atoms with Crippen molar-refractivity contribution in [3.8, 4) is 0 Å². The smallest absolute Gasteiger partial charge is 0.338 e. The van der Waals surface area contributed by atoms with Gasteiger partial charge in [0.1, 0.15) is 0 Å². The van der Waals surface area contributed by atoms with Crippen LogP contribution in [0.25, 0.3) is 0 Å². The van der Waals surface area contributed by atoms with Gasteiger partial charge in [-0.15, -0.1) is 0 Å². The van der Waals surface area contributed by atoms with Gasteiger partial charge in [0.05, 0.1) is 18.7 Å². The predicted octanol–water partition coefficient (Wildman–Crippen LogP) is 2.89. The Balaban J connectivity index is 1.91. The molecular formula is C18H17ClN2O4. The van der Waals surface area contributed by atoms with Crippen molar-refractivity contribution in [2.45, 2.75) is 6.92 Å². The first kappa shape index (κ1) is 18.5. The van der Waals surface area contributed by atoms with Crippen LogP contribution in [0.2, 0.25) is 5.02 Å². The van der Waals surface area contributed by atoms with Crippen LogP contribution in [0.15, 0.2) is 48.5 Å². The molecule has 0 fully saturated rings. The minimum absolute atomic E-state index is 0.213. The fraction of sp³-hybridized carbons (Fsp3) is 0.167. The number of hydrogen-bond acceptors (Lipinski definition) is 4. The number of hydrogen-bond donors (Lipinski definition) is 2. The van der Waals surface area contributed by atoms with Gasteiger partial charge >= 0.3 is 5.97 Å². The molecule has 2 rings (SSSR count). The van der Waals surface area contributed by atoms with Gasteiger partial charge in [-0.25, -0.2) is 4.79 Å². The zero-order chi connectivity index (χ0) is 18.2. The fourth-order valence-corrected chi connectivity index (χ4v) is 2.23. The van der Waals surface area contributed by atoms with E-state index >= 15 is 0 Å². The second kappa shape index (κ2) is 8.84. The highest BCUT2D eigenvalue weighted by atomic mass is 35.5. The Morgan fingerprint density at radius 2 is 1.76 bits per heavy atom. The Bertz CT molecular complexity index is 792. The quantitative estimate of drug-likeness (QED) is 0.776. The molecule has 2 aromatic rings. The number of halogens is 1. The molecule has 0 saturated carbocycles. The summed E-state index contributed by atoms with van der Waals surface area (Å²) >= 11 is 5.82. The van der Waals surface area contributed by atoms with E-state index in [1.165, 1.54) is 12.1 Å². The number of nitrogens with one attached hydrogen (secondary N) is 2. The summed E-state index contributed by atoms with van der Waals surface area (Å²) in [6, 6.07) is 12.8. The van der Waals surface area contributed by atoms with Crippen LogP contribution in [0.5, 0.6) is 0 Å². The summed E-state index contributed by atoms with van der Waals surface area (Å²) in [4.78, 5) is 35.6. The van der Waals surface area contributed by atoms with Gasteiger partial charge in [0, 0.05) is 16.3 Å². The highest BCUT2D eigenvalue weighted by Crippen LogP contribution is 2.12. The normalized spacial score (nSPS) is 10.0. The SMILES string of the molecule is CCOC(=O)c1cccc(NC(=O)CNC(=O)c2cccc(Cl)c2)c1.